The molecule has 1 aromatic carbocycles. The molecule has 3 nitrogen and oxygen atoms in total. The number of ether oxygens (including phenoxy) is 1. The van der Waals surface area contributed by atoms with Crippen LogP contribution in [0.5, 0.6) is 5.75 Å². The predicted octanol–water partition coefficient (Wildman–Crippen LogP) is 3.61. The minimum Gasteiger partial charge on any atom is -0.496 e. The summed E-state index contributed by atoms with van der Waals surface area (Å²) >= 11 is 5.18. The fraction of sp³-hybridized carbons (Fsp3) is 0.308. The second-order valence-corrected chi connectivity index (χ2v) is 5.54. The Balaban J connectivity index is 2.34. The van der Waals surface area contributed by atoms with Crippen molar-refractivity contribution in [1.82, 2.24) is 10.3 Å². The third-order valence-electron chi connectivity index (χ3n) is 2.62. The third-order valence-corrected chi connectivity index (χ3v) is 4.08. The van der Waals surface area contributed by atoms with Crippen molar-refractivity contribution in [3.05, 3.63) is 44.8 Å². The molecule has 2 aromatic rings. The molecule has 1 heterocycles. The molecular weight excluding hydrogens is 312 g/mol. The summed E-state index contributed by atoms with van der Waals surface area (Å²) in [5.74, 6) is 0.841. The Bertz CT molecular complexity index is 502. The average molecular weight is 327 g/mol. The summed E-state index contributed by atoms with van der Waals surface area (Å²) in [6.45, 7) is 2.99. The maximum atomic E-state index is 5.25. The molecule has 2 rings (SSSR count). The van der Waals surface area contributed by atoms with Crippen LogP contribution in [0.4, 0.5) is 0 Å². The second kappa shape index (κ2) is 6.31. The third kappa shape index (κ3) is 2.91. The molecular formula is C13H15BrN2OS. The van der Waals surface area contributed by atoms with E-state index in [0.29, 0.717) is 0 Å². The second-order valence-electron chi connectivity index (χ2n) is 3.76. The lowest BCUT2D eigenvalue weighted by Crippen LogP contribution is -2.21. The number of hydrogen-bond acceptors (Lipinski definition) is 4. The van der Waals surface area contributed by atoms with Crippen LogP contribution >= 0.6 is 27.3 Å². The van der Waals surface area contributed by atoms with Gasteiger partial charge in [0.25, 0.3) is 0 Å². The van der Waals surface area contributed by atoms with Gasteiger partial charge in [0, 0.05) is 11.6 Å². The van der Waals surface area contributed by atoms with E-state index in [4.69, 9.17) is 4.74 Å². The zero-order chi connectivity index (χ0) is 13.0. The number of aromatic nitrogens is 1. The number of nitrogens with one attached hydrogen (secondary N) is 1. The quantitative estimate of drug-likeness (QED) is 0.911. The monoisotopic (exact) mass is 326 g/mol. The standard InChI is InChI=1S/C13H15BrN2OS/c1-3-15-12(13-16-6-7-18-13)9-4-5-11(17-2)10(14)8-9/h4-8,12,15H,3H2,1-2H3. The molecule has 96 valence electrons. The van der Waals surface area contributed by atoms with E-state index in [1.165, 1.54) is 5.56 Å². The van der Waals surface area contributed by atoms with E-state index >= 15 is 0 Å². The zero-order valence-corrected chi connectivity index (χ0v) is 12.7. The summed E-state index contributed by atoms with van der Waals surface area (Å²) in [6, 6.07) is 6.25. The first-order valence-corrected chi connectivity index (χ1v) is 7.39. The Hall–Kier alpha value is -0.910. The Labute approximate surface area is 119 Å². The molecule has 0 aliphatic rings. The van der Waals surface area contributed by atoms with Gasteiger partial charge in [-0.25, -0.2) is 4.98 Å². The van der Waals surface area contributed by atoms with Crippen molar-refractivity contribution in [2.24, 2.45) is 0 Å². The lowest BCUT2D eigenvalue weighted by Gasteiger charge is -2.17. The van der Waals surface area contributed by atoms with E-state index in [-0.39, 0.29) is 6.04 Å². The maximum Gasteiger partial charge on any atom is 0.133 e. The fourth-order valence-corrected chi connectivity index (χ4v) is 3.09. The molecule has 0 amide bonds. The fourth-order valence-electron chi connectivity index (χ4n) is 1.79. The van der Waals surface area contributed by atoms with Crippen LogP contribution in [-0.4, -0.2) is 18.6 Å². The number of nitrogens with zero attached hydrogens (tertiary/aromatic N) is 1. The molecule has 0 saturated heterocycles. The number of halogens is 1. The van der Waals surface area contributed by atoms with Crippen molar-refractivity contribution in [3.8, 4) is 5.75 Å². The van der Waals surface area contributed by atoms with Gasteiger partial charge in [0.05, 0.1) is 17.6 Å². The highest BCUT2D eigenvalue weighted by atomic mass is 79.9. The van der Waals surface area contributed by atoms with Gasteiger partial charge in [0.1, 0.15) is 10.8 Å². The zero-order valence-electron chi connectivity index (χ0n) is 10.3. The van der Waals surface area contributed by atoms with Crippen molar-refractivity contribution >= 4 is 27.3 Å². The topological polar surface area (TPSA) is 34.1 Å². The summed E-state index contributed by atoms with van der Waals surface area (Å²) < 4.78 is 6.21. The average Bonchev–Trinajstić information content (AvgIpc) is 2.89. The van der Waals surface area contributed by atoms with E-state index in [1.807, 2.05) is 17.6 Å². The lowest BCUT2D eigenvalue weighted by molar-refractivity contribution is 0.412. The summed E-state index contributed by atoms with van der Waals surface area (Å²) in [5.41, 5.74) is 1.18. The van der Waals surface area contributed by atoms with E-state index < -0.39 is 0 Å². The number of hydrogen-bond donors (Lipinski definition) is 1. The van der Waals surface area contributed by atoms with E-state index in [9.17, 15) is 0 Å². The largest absolute Gasteiger partial charge is 0.496 e. The van der Waals surface area contributed by atoms with Crippen LogP contribution in [-0.2, 0) is 0 Å². The van der Waals surface area contributed by atoms with Crippen molar-refractivity contribution < 1.29 is 4.74 Å². The SMILES string of the molecule is CCNC(c1ccc(OC)c(Br)c1)c1nccs1. The molecule has 18 heavy (non-hydrogen) atoms. The Morgan fingerprint density at radius 1 is 1.50 bits per heavy atom. The van der Waals surface area contributed by atoms with Crippen molar-refractivity contribution in [1.29, 1.82) is 0 Å². The van der Waals surface area contributed by atoms with Gasteiger partial charge in [-0.15, -0.1) is 11.3 Å². The van der Waals surface area contributed by atoms with E-state index in [2.05, 4.69) is 45.3 Å². The van der Waals surface area contributed by atoms with E-state index in [0.717, 1.165) is 21.8 Å². The number of thiazole rings is 1. The van der Waals surface area contributed by atoms with Gasteiger partial charge in [0.2, 0.25) is 0 Å². The van der Waals surface area contributed by atoms with E-state index in [1.54, 1.807) is 18.4 Å². The smallest absolute Gasteiger partial charge is 0.133 e. The first-order valence-electron chi connectivity index (χ1n) is 5.72. The lowest BCUT2D eigenvalue weighted by atomic mass is 10.1. The summed E-state index contributed by atoms with van der Waals surface area (Å²) in [4.78, 5) is 4.39. The Morgan fingerprint density at radius 2 is 2.33 bits per heavy atom. The Morgan fingerprint density at radius 3 is 2.89 bits per heavy atom. The molecule has 0 saturated carbocycles. The van der Waals surface area contributed by atoms with Gasteiger partial charge < -0.3 is 10.1 Å². The summed E-state index contributed by atoms with van der Waals surface area (Å²) in [5, 5.41) is 6.53. The minimum absolute atomic E-state index is 0.136. The molecule has 1 atom stereocenters. The first-order chi connectivity index (χ1) is 8.76. The van der Waals surface area contributed by atoms with Crippen LogP contribution in [0.25, 0.3) is 0 Å². The molecule has 1 N–H and O–H groups in total. The molecule has 5 heteroatoms. The molecule has 1 aromatic heterocycles. The van der Waals surface area contributed by atoms with Crippen molar-refractivity contribution in [3.63, 3.8) is 0 Å². The molecule has 1 unspecified atom stereocenters. The van der Waals surface area contributed by atoms with Crippen molar-refractivity contribution in [2.45, 2.75) is 13.0 Å². The van der Waals surface area contributed by atoms with Crippen LogP contribution in [0.1, 0.15) is 23.5 Å². The molecule has 0 aliphatic carbocycles. The van der Waals surface area contributed by atoms with Gasteiger partial charge >= 0.3 is 0 Å². The minimum atomic E-state index is 0.136. The maximum absolute atomic E-state index is 5.25. The molecule has 0 fully saturated rings. The van der Waals surface area contributed by atoms with Crippen LogP contribution < -0.4 is 10.1 Å². The highest BCUT2D eigenvalue weighted by molar-refractivity contribution is 9.10. The summed E-state index contributed by atoms with van der Waals surface area (Å²) in [7, 11) is 1.67. The normalized spacial score (nSPS) is 12.4. The molecule has 0 spiro atoms. The van der Waals surface area contributed by atoms with Crippen LogP contribution in [0.2, 0.25) is 0 Å². The number of rotatable bonds is 5. The predicted molar refractivity (Wildman–Crippen MR) is 78.3 cm³/mol. The van der Waals surface area contributed by atoms with Gasteiger partial charge in [-0.3, -0.25) is 0 Å². The summed E-state index contributed by atoms with van der Waals surface area (Å²) in [6.07, 6.45) is 1.84. The van der Waals surface area contributed by atoms with Gasteiger partial charge in [-0.2, -0.15) is 0 Å². The van der Waals surface area contributed by atoms with Crippen molar-refractivity contribution in [2.75, 3.05) is 13.7 Å². The van der Waals surface area contributed by atoms with Gasteiger partial charge in [-0.1, -0.05) is 13.0 Å². The van der Waals surface area contributed by atoms with Gasteiger partial charge in [-0.05, 0) is 40.2 Å². The number of benzene rings is 1. The van der Waals surface area contributed by atoms with Crippen LogP contribution in [0.3, 0.4) is 0 Å². The Kier molecular flexibility index (Phi) is 4.74. The molecule has 0 aliphatic heterocycles. The van der Waals surface area contributed by atoms with Crippen LogP contribution in [0.15, 0.2) is 34.2 Å². The van der Waals surface area contributed by atoms with Crippen LogP contribution in [0, 0.1) is 0 Å². The first kappa shape index (κ1) is 13.5. The number of methoxy groups -OCH3 is 1. The highest BCUT2D eigenvalue weighted by Gasteiger charge is 2.16. The molecule has 0 bridgehead atoms. The highest BCUT2D eigenvalue weighted by Crippen LogP contribution is 2.31. The molecule has 0 radical (unpaired) electrons. The van der Waals surface area contributed by atoms with Gasteiger partial charge in [0.15, 0.2) is 0 Å².